The van der Waals surface area contributed by atoms with E-state index in [2.05, 4.69) is 10.6 Å². The van der Waals surface area contributed by atoms with Crippen LogP contribution in [0.5, 0.6) is 0 Å². The summed E-state index contributed by atoms with van der Waals surface area (Å²) in [7, 11) is 1.53. The highest BCUT2D eigenvalue weighted by Crippen LogP contribution is 2.17. The second-order valence-electron chi connectivity index (χ2n) is 5.12. The SMILES string of the molecule is CNC(=O)c1cccc(NC(=O)COC(=O)/C=C/c2sccc2C)c1. The van der Waals surface area contributed by atoms with Crippen LogP contribution in [0.15, 0.2) is 41.8 Å². The fraction of sp³-hybridized carbons (Fsp3) is 0.167. The molecule has 6 nitrogen and oxygen atoms in total. The third-order valence-electron chi connectivity index (χ3n) is 3.25. The number of carbonyl (C=O) groups is 3. The Bertz CT molecular complexity index is 811. The first-order valence-electron chi connectivity index (χ1n) is 7.50. The molecule has 130 valence electrons. The van der Waals surface area contributed by atoms with Gasteiger partial charge in [0.15, 0.2) is 6.61 Å². The quantitative estimate of drug-likeness (QED) is 0.614. The lowest BCUT2D eigenvalue weighted by molar-refractivity contribution is -0.142. The van der Waals surface area contributed by atoms with Gasteiger partial charge in [-0.25, -0.2) is 4.79 Å². The number of amides is 2. The van der Waals surface area contributed by atoms with Gasteiger partial charge in [-0.3, -0.25) is 9.59 Å². The average molecular weight is 358 g/mol. The first-order valence-corrected chi connectivity index (χ1v) is 8.38. The number of thiophene rings is 1. The average Bonchev–Trinajstić information content (AvgIpc) is 3.02. The van der Waals surface area contributed by atoms with Crippen molar-refractivity contribution in [3.63, 3.8) is 0 Å². The van der Waals surface area contributed by atoms with Crippen LogP contribution in [0, 0.1) is 6.92 Å². The number of aryl methyl sites for hydroxylation is 1. The van der Waals surface area contributed by atoms with E-state index in [0.717, 1.165) is 10.4 Å². The maximum Gasteiger partial charge on any atom is 0.331 e. The lowest BCUT2D eigenvalue weighted by Gasteiger charge is -2.07. The fourth-order valence-electron chi connectivity index (χ4n) is 1.96. The maximum absolute atomic E-state index is 11.8. The van der Waals surface area contributed by atoms with Crippen LogP contribution in [-0.4, -0.2) is 31.4 Å². The zero-order chi connectivity index (χ0) is 18.2. The van der Waals surface area contributed by atoms with Crippen LogP contribution in [0.3, 0.4) is 0 Å². The smallest absolute Gasteiger partial charge is 0.331 e. The monoisotopic (exact) mass is 358 g/mol. The Hall–Kier alpha value is -2.93. The van der Waals surface area contributed by atoms with E-state index < -0.39 is 18.5 Å². The Kier molecular flexibility index (Phi) is 6.47. The summed E-state index contributed by atoms with van der Waals surface area (Å²) in [5.74, 6) is -1.33. The molecule has 2 N–H and O–H groups in total. The summed E-state index contributed by atoms with van der Waals surface area (Å²) in [5.41, 5.74) is 1.95. The zero-order valence-electron chi connectivity index (χ0n) is 13.9. The van der Waals surface area contributed by atoms with Crippen LogP contribution >= 0.6 is 11.3 Å². The van der Waals surface area contributed by atoms with Crippen molar-refractivity contribution in [2.75, 3.05) is 19.0 Å². The number of benzene rings is 1. The summed E-state index contributed by atoms with van der Waals surface area (Å²) in [6.45, 7) is 1.54. The second kappa shape index (κ2) is 8.79. The first-order chi connectivity index (χ1) is 12.0. The molecule has 0 aliphatic carbocycles. The molecule has 7 heteroatoms. The van der Waals surface area contributed by atoms with E-state index in [-0.39, 0.29) is 5.91 Å². The van der Waals surface area contributed by atoms with E-state index in [4.69, 9.17) is 4.74 Å². The molecule has 0 atom stereocenters. The van der Waals surface area contributed by atoms with Gasteiger partial charge < -0.3 is 15.4 Å². The van der Waals surface area contributed by atoms with Crippen molar-refractivity contribution in [1.29, 1.82) is 0 Å². The molecule has 0 unspecified atom stereocenters. The third kappa shape index (κ3) is 5.58. The number of hydrogen-bond donors (Lipinski definition) is 2. The molecule has 0 saturated heterocycles. The maximum atomic E-state index is 11.8. The van der Waals surface area contributed by atoms with Crippen LogP contribution in [0.4, 0.5) is 5.69 Å². The minimum absolute atomic E-state index is 0.253. The van der Waals surface area contributed by atoms with Gasteiger partial charge >= 0.3 is 5.97 Å². The van der Waals surface area contributed by atoms with Gasteiger partial charge in [-0.05, 0) is 48.2 Å². The van der Waals surface area contributed by atoms with Crippen molar-refractivity contribution in [2.45, 2.75) is 6.92 Å². The topological polar surface area (TPSA) is 84.5 Å². The Labute approximate surface area is 149 Å². The van der Waals surface area contributed by atoms with Gasteiger partial charge in [-0.2, -0.15) is 0 Å². The first kappa shape index (κ1) is 18.4. The van der Waals surface area contributed by atoms with E-state index in [0.29, 0.717) is 11.3 Å². The molecule has 0 spiro atoms. The molecular weight excluding hydrogens is 340 g/mol. The van der Waals surface area contributed by atoms with E-state index in [1.165, 1.54) is 30.5 Å². The molecule has 1 aromatic heterocycles. The lowest BCUT2D eigenvalue weighted by atomic mass is 10.2. The summed E-state index contributed by atoms with van der Waals surface area (Å²) in [6, 6.07) is 8.42. The minimum Gasteiger partial charge on any atom is -0.452 e. The van der Waals surface area contributed by atoms with Crippen molar-refractivity contribution >= 4 is 40.9 Å². The Morgan fingerprint density at radius 1 is 1.24 bits per heavy atom. The van der Waals surface area contributed by atoms with Gasteiger partial charge in [-0.15, -0.1) is 11.3 Å². The van der Waals surface area contributed by atoms with Gasteiger partial charge in [0.1, 0.15) is 0 Å². The fourth-order valence-corrected chi connectivity index (χ4v) is 2.78. The molecule has 25 heavy (non-hydrogen) atoms. The number of nitrogens with one attached hydrogen (secondary N) is 2. The van der Waals surface area contributed by atoms with E-state index in [9.17, 15) is 14.4 Å². The third-order valence-corrected chi connectivity index (χ3v) is 4.24. The van der Waals surface area contributed by atoms with E-state index in [1.54, 1.807) is 24.3 Å². The minimum atomic E-state index is -0.595. The largest absolute Gasteiger partial charge is 0.452 e. The molecule has 0 bridgehead atoms. The van der Waals surface area contributed by atoms with Crippen LogP contribution in [-0.2, 0) is 14.3 Å². The summed E-state index contributed by atoms with van der Waals surface area (Å²) in [5, 5.41) is 7.01. The van der Waals surface area contributed by atoms with Crippen LogP contribution < -0.4 is 10.6 Å². The van der Waals surface area contributed by atoms with Gasteiger partial charge in [0.2, 0.25) is 0 Å². The summed E-state index contributed by atoms with van der Waals surface area (Å²) in [6.07, 6.45) is 2.95. The molecule has 0 saturated carbocycles. The summed E-state index contributed by atoms with van der Waals surface area (Å²) < 4.78 is 4.90. The highest BCUT2D eigenvalue weighted by Gasteiger charge is 2.08. The van der Waals surface area contributed by atoms with E-state index in [1.807, 2.05) is 18.4 Å². The predicted molar refractivity (Wildman–Crippen MR) is 97.5 cm³/mol. The van der Waals surface area contributed by atoms with Crippen molar-refractivity contribution in [3.8, 4) is 0 Å². The van der Waals surface area contributed by atoms with Crippen LogP contribution in [0.1, 0.15) is 20.8 Å². The summed E-state index contributed by atoms with van der Waals surface area (Å²) >= 11 is 1.52. The van der Waals surface area contributed by atoms with Gasteiger partial charge in [0, 0.05) is 29.3 Å². The molecule has 1 aromatic carbocycles. The molecule has 0 fully saturated rings. The van der Waals surface area contributed by atoms with Crippen molar-refractivity contribution in [3.05, 3.63) is 57.8 Å². The van der Waals surface area contributed by atoms with Crippen LogP contribution in [0.25, 0.3) is 6.08 Å². The molecule has 2 rings (SSSR count). The molecule has 0 radical (unpaired) electrons. The van der Waals surface area contributed by atoms with Crippen molar-refractivity contribution in [2.24, 2.45) is 0 Å². The van der Waals surface area contributed by atoms with Crippen LogP contribution in [0.2, 0.25) is 0 Å². The Balaban J connectivity index is 1.84. The molecule has 1 heterocycles. The summed E-state index contributed by atoms with van der Waals surface area (Å²) in [4.78, 5) is 36.0. The Morgan fingerprint density at radius 2 is 2.04 bits per heavy atom. The molecule has 2 aromatic rings. The number of rotatable bonds is 6. The highest BCUT2D eigenvalue weighted by atomic mass is 32.1. The Morgan fingerprint density at radius 3 is 2.72 bits per heavy atom. The van der Waals surface area contributed by atoms with E-state index >= 15 is 0 Å². The molecule has 0 aliphatic rings. The predicted octanol–water partition coefficient (Wildman–Crippen LogP) is 2.61. The van der Waals surface area contributed by atoms with Gasteiger partial charge in [-0.1, -0.05) is 6.07 Å². The zero-order valence-corrected chi connectivity index (χ0v) is 14.7. The number of ether oxygens (including phenoxy) is 1. The second-order valence-corrected chi connectivity index (χ2v) is 6.06. The van der Waals surface area contributed by atoms with Crippen molar-refractivity contribution < 1.29 is 19.1 Å². The standard InChI is InChI=1S/C18H18N2O4S/c1-12-8-9-25-15(12)6-7-17(22)24-11-16(21)20-14-5-3-4-13(10-14)18(23)19-2/h3-10H,11H2,1-2H3,(H,19,23)(H,20,21)/b7-6+. The normalized spacial score (nSPS) is 10.5. The lowest BCUT2D eigenvalue weighted by Crippen LogP contribution is -2.21. The van der Waals surface area contributed by atoms with Gasteiger partial charge in [0.25, 0.3) is 11.8 Å². The molecule has 2 amide bonds. The number of anilines is 1. The number of esters is 1. The molecular formula is C18H18N2O4S. The van der Waals surface area contributed by atoms with Crippen molar-refractivity contribution in [1.82, 2.24) is 5.32 Å². The highest BCUT2D eigenvalue weighted by molar-refractivity contribution is 7.11. The van der Waals surface area contributed by atoms with Gasteiger partial charge in [0.05, 0.1) is 0 Å². The number of carbonyl (C=O) groups excluding carboxylic acids is 3. The number of hydrogen-bond acceptors (Lipinski definition) is 5. The molecule has 0 aliphatic heterocycles.